The average Bonchev–Trinajstić information content (AvgIpc) is 2.97. The number of fused-ring (bicyclic) bond motifs is 2. The summed E-state index contributed by atoms with van der Waals surface area (Å²) in [5.74, 6) is 0.657. The van der Waals surface area contributed by atoms with E-state index >= 15 is 0 Å². The lowest BCUT2D eigenvalue weighted by atomic mass is 10.1. The molecule has 0 radical (unpaired) electrons. The Kier molecular flexibility index (Phi) is 2.87. The SMILES string of the molecule is COc1cc2[nH]c(-c3ccc4cccc(O)c4n3)cc2cc1O. The molecule has 0 aliphatic rings. The Hall–Kier alpha value is -3.21. The Morgan fingerprint density at radius 3 is 2.65 bits per heavy atom. The second-order valence-electron chi connectivity index (χ2n) is 5.34. The van der Waals surface area contributed by atoms with Crippen LogP contribution in [0.25, 0.3) is 33.2 Å². The first kappa shape index (κ1) is 13.5. The summed E-state index contributed by atoms with van der Waals surface area (Å²) >= 11 is 0. The maximum absolute atomic E-state index is 9.96. The molecule has 114 valence electrons. The van der Waals surface area contributed by atoms with Gasteiger partial charge in [-0.05, 0) is 24.3 Å². The summed E-state index contributed by atoms with van der Waals surface area (Å²) in [5.41, 5.74) is 2.92. The van der Waals surface area contributed by atoms with Gasteiger partial charge >= 0.3 is 0 Å². The van der Waals surface area contributed by atoms with E-state index in [1.54, 1.807) is 24.3 Å². The fourth-order valence-electron chi connectivity index (χ4n) is 2.73. The summed E-state index contributed by atoms with van der Waals surface area (Å²) in [6.07, 6.45) is 0. The van der Waals surface area contributed by atoms with Crippen LogP contribution in [0, 0.1) is 0 Å². The van der Waals surface area contributed by atoms with E-state index < -0.39 is 0 Å². The first-order valence-corrected chi connectivity index (χ1v) is 7.14. The second-order valence-corrected chi connectivity index (χ2v) is 5.34. The summed E-state index contributed by atoms with van der Waals surface area (Å²) in [6, 6.07) is 14.4. The average molecular weight is 306 g/mol. The number of phenols is 2. The minimum Gasteiger partial charge on any atom is -0.506 e. The van der Waals surface area contributed by atoms with Crippen molar-refractivity contribution >= 4 is 21.8 Å². The molecule has 2 heterocycles. The molecule has 5 nitrogen and oxygen atoms in total. The maximum Gasteiger partial charge on any atom is 0.162 e. The van der Waals surface area contributed by atoms with Crippen molar-refractivity contribution in [1.29, 1.82) is 0 Å². The maximum atomic E-state index is 9.96. The van der Waals surface area contributed by atoms with E-state index in [0.29, 0.717) is 17.0 Å². The zero-order chi connectivity index (χ0) is 16.0. The largest absolute Gasteiger partial charge is 0.506 e. The number of nitrogens with one attached hydrogen (secondary N) is 1. The van der Waals surface area contributed by atoms with E-state index in [1.165, 1.54) is 7.11 Å². The lowest BCUT2D eigenvalue weighted by Gasteiger charge is -2.03. The monoisotopic (exact) mass is 306 g/mol. The van der Waals surface area contributed by atoms with Crippen LogP contribution < -0.4 is 4.74 Å². The van der Waals surface area contributed by atoms with Crippen LogP contribution >= 0.6 is 0 Å². The Labute approximate surface area is 131 Å². The van der Waals surface area contributed by atoms with Crippen molar-refractivity contribution in [1.82, 2.24) is 9.97 Å². The van der Waals surface area contributed by atoms with Gasteiger partial charge in [0.1, 0.15) is 11.3 Å². The van der Waals surface area contributed by atoms with Gasteiger partial charge in [-0.3, -0.25) is 0 Å². The number of rotatable bonds is 2. The lowest BCUT2D eigenvalue weighted by Crippen LogP contribution is -1.86. The smallest absolute Gasteiger partial charge is 0.162 e. The molecule has 0 saturated carbocycles. The summed E-state index contributed by atoms with van der Waals surface area (Å²) in [7, 11) is 1.51. The van der Waals surface area contributed by atoms with Gasteiger partial charge in [0.2, 0.25) is 0 Å². The van der Waals surface area contributed by atoms with Gasteiger partial charge in [-0.15, -0.1) is 0 Å². The summed E-state index contributed by atoms with van der Waals surface area (Å²) in [5, 5.41) is 21.6. The molecule has 0 spiro atoms. The number of aromatic nitrogens is 2. The fourth-order valence-corrected chi connectivity index (χ4v) is 2.73. The van der Waals surface area contributed by atoms with E-state index in [1.807, 2.05) is 24.3 Å². The number of H-pyrrole nitrogens is 1. The number of benzene rings is 2. The van der Waals surface area contributed by atoms with Crippen molar-refractivity contribution in [2.24, 2.45) is 0 Å². The molecule has 2 aromatic carbocycles. The van der Waals surface area contributed by atoms with Crippen molar-refractivity contribution in [2.45, 2.75) is 0 Å². The number of ether oxygens (including phenoxy) is 1. The minimum atomic E-state index is 0.0923. The predicted molar refractivity (Wildman–Crippen MR) is 88.9 cm³/mol. The number of methoxy groups -OCH3 is 1. The quantitative estimate of drug-likeness (QED) is 0.526. The molecule has 3 N–H and O–H groups in total. The highest BCUT2D eigenvalue weighted by atomic mass is 16.5. The van der Waals surface area contributed by atoms with Gasteiger partial charge in [0.25, 0.3) is 0 Å². The number of pyridine rings is 1. The van der Waals surface area contributed by atoms with Gasteiger partial charge in [-0.1, -0.05) is 18.2 Å². The van der Waals surface area contributed by atoms with Crippen LogP contribution in [0.5, 0.6) is 17.2 Å². The van der Waals surface area contributed by atoms with Gasteiger partial charge in [0.05, 0.1) is 18.5 Å². The molecule has 0 bridgehead atoms. The molecule has 0 atom stereocenters. The highest BCUT2D eigenvalue weighted by molar-refractivity contribution is 5.90. The zero-order valence-electron chi connectivity index (χ0n) is 12.4. The normalized spacial score (nSPS) is 11.2. The van der Waals surface area contributed by atoms with Gasteiger partial charge in [0, 0.05) is 22.4 Å². The Bertz CT molecular complexity index is 1040. The van der Waals surface area contributed by atoms with E-state index in [-0.39, 0.29) is 11.5 Å². The Morgan fingerprint density at radius 2 is 1.83 bits per heavy atom. The van der Waals surface area contributed by atoms with Crippen LogP contribution in [-0.2, 0) is 0 Å². The molecule has 4 aromatic rings. The molecule has 0 saturated heterocycles. The van der Waals surface area contributed by atoms with Crippen molar-refractivity contribution in [2.75, 3.05) is 7.11 Å². The molecule has 0 unspecified atom stereocenters. The Balaban J connectivity index is 1.90. The lowest BCUT2D eigenvalue weighted by molar-refractivity contribution is 0.374. The van der Waals surface area contributed by atoms with Crippen molar-refractivity contribution in [3.05, 3.63) is 48.5 Å². The predicted octanol–water partition coefficient (Wildman–Crippen LogP) is 3.80. The molecule has 0 fully saturated rings. The highest BCUT2D eigenvalue weighted by Gasteiger charge is 2.10. The fraction of sp³-hybridized carbons (Fsp3) is 0.0556. The van der Waals surface area contributed by atoms with Crippen LogP contribution in [0.4, 0.5) is 0 Å². The topological polar surface area (TPSA) is 78.4 Å². The van der Waals surface area contributed by atoms with Crippen LogP contribution in [0.15, 0.2) is 48.5 Å². The number of aromatic amines is 1. The summed E-state index contributed by atoms with van der Waals surface area (Å²) < 4.78 is 5.12. The first-order valence-electron chi connectivity index (χ1n) is 7.14. The summed E-state index contributed by atoms with van der Waals surface area (Å²) in [4.78, 5) is 7.79. The molecule has 0 aliphatic carbocycles. The highest BCUT2D eigenvalue weighted by Crippen LogP contribution is 2.34. The van der Waals surface area contributed by atoms with E-state index in [4.69, 9.17) is 4.74 Å². The molecular formula is C18H14N2O3. The third-order valence-corrected chi connectivity index (χ3v) is 3.90. The van der Waals surface area contributed by atoms with Crippen LogP contribution in [-0.4, -0.2) is 27.3 Å². The van der Waals surface area contributed by atoms with Gasteiger partial charge in [-0.25, -0.2) is 4.98 Å². The molecule has 4 rings (SSSR count). The zero-order valence-corrected chi connectivity index (χ0v) is 12.4. The molecule has 0 aliphatic heterocycles. The van der Waals surface area contributed by atoms with Gasteiger partial charge in [0.15, 0.2) is 11.5 Å². The molecule has 0 amide bonds. The van der Waals surface area contributed by atoms with Gasteiger partial charge < -0.3 is 19.9 Å². The van der Waals surface area contributed by atoms with Crippen molar-refractivity contribution < 1.29 is 14.9 Å². The molecule has 5 heteroatoms. The van der Waals surface area contributed by atoms with Gasteiger partial charge in [-0.2, -0.15) is 0 Å². The summed E-state index contributed by atoms with van der Waals surface area (Å²) in [6.45, 7) is 0. The third-order valence-electron chi connectivity index (χ3n) is 3.90. The van der Waals surface area contributed by atoms with Crippen LogP contribution in [0.3, 0.4) is 0 Å². The Morgan fingerprint density at radius 1 is 0.957 bits per heavy atom. The number of phenolic OH excluding ortho intramolecular Hbond substituents is 2. The molecular weight excluding hydrogens is 292 g/mol. The molecule has 2 aromatic heterocycles. The second kappa shape index (κ2) is 4.91. The van der Waals surface area contributed by atoms with E-state index in [0.717, 1.165) is 22.0 Å². The number of para-hydroxylation sites is 1. The minimum absolute atomic E-state index is 0.0923. The molecule has 23 heavy (non-hydrogen) atoms. The van der Waals surface area contributed by atoms with E-state index in [9.17, 15) is 10.2 Å². The van der Waals surface area contributed by atoms with E-state index in [2.05, 4.69) is 9.97 Å². The standard InChI is InChI=1S/C18H14N2O3/c1-23-17-9-13-11(8-16(17)22)7-14(19-13)12-6-5-10-3-2-4-15(21)18(10)20-12/h2-9,19,21-22H,1H3. The van der Waals surface area contributed by atoms with Crippen molar-refractivity contribution in [3.63, 3.8) is 0 Å². The number of hydrogen-bond acceptors (Lipinski definition) is 4. The third kappa shape index (κ3) is 2.14. The number of aromatic hydroxyl groups is 2. The van der Waals surface area contributed by atoms with Crippen LogP contribution in [0.1, 0.15) is 0 Å². The van der Waals surface area contributed by atoms with Crippen LogP contribution in [0.2, 0.25) is 0 Å². The van der Waals surface area contributed by atoms with Crippen molar-refractivity contribution in [3.8, 4) is 28.6 Å². The first-order chi connectivity index (χ1) is 11.2. The number of nitrogens with zero attached hydrogens (tertiary/aromatic N) is 1. The number of hydrogen-bond donors (Lipinski definition) is 3.